The van der Waals surface area contributed by atoms with Crippen LogP contribution in [-0.2, 0) is 4.79 Å². The Balaban J connectivity index is 2.02. The summed E-state index contributed by atoms with van der Waals surface area (Å²) in [6.45, 7) is 2.61. The zero-order valence-electron chi connectivity index (χ0n) is 11.5. The van der Waals surface area contributed by atoms with Gasteiger partial charge < -0.3 is 20.6 Å². The van der Waals surface area contributed by atoms with Crippen molar-refractivity contribution in [1.29, 1.82) is 0 Å². The Labute approximate surface area is 117 Å². The lowest BCUT2D eigenvalue weighted by molar-refractivity contribution is -0.133. The van der Waals surface area contributed by atoms with Gasteiger partial charge in [0, 0.05) is 12.6 Å². The van der Waals surface area contributed by atoms with E-state index in [2.05, 4.69) is 5.16 Å². The summed E-state index contributed by atoms with van der Waals surface area (Å²) in [5, 5.41) is 11.7. The fraction of sp³-hybridized carbons (Fsp3) is 0.429. The van der Waals surface area contributed by atoms with E-state index in [0.29, 0.717) is 23.9 Å². The Morgan fingerprint density at radius 3 is 2.80 bits per heavy atom. The lowest BCUT2D eigenvalue weighted by atomic mass is 10.2. The van der Waals surface area contributed by atoms with E-state index in [0.717, 1.165) is 12.8 Å². The predicted molar refractivity (Wildman–Crippen MR) is 74.9 cm³/mol. The first-order valence-electron chi connectivity index (χ1n) is 6.66. The maximum absolute atomic E-state index is 12.1. The largest absolute Gasteiger partial charge is 0.483 e. The standard InChI is InChI=1S/C14H19N3O3/c1-2-17(10-7-8-10)13(18)9-20-12-6-4-3-5-11(12)14(15)16-19/h3-6,10,19H,2,7-9H2,1H3,(H2,15,16). The van der Waals surface area contributed by atoms with Crippen molar-refractivity contribution in [3.8, 4) is 5.75 Å². The summed E-state index contributed by atoms with van der Waals surface area (Å²) in [6, 6.07) is 7.26. The molecule has 0 atom stereocenters. The summed E-state index contributed by atoms with van der Waals surface area (Å²) >= 11 is 0. The van der Waals surface area contributed by atoms with Gasteiger partial charge in [-0.15, -0.1) is 0 Å². The number of hydrogen-bond donors (Lipinski definition) is 2. The fourth-order valence-electron chi connectivity index (χ4n) is 2.10. The summed E-state index contributed by atoms with van der Waals surface area (Å²) in [7, 11) is 0. The van der Waals surface area contributed by atoms with E-state index in [1.165, 1.54) is 0 Å². The minimum absolute atomic E-state index is 0.0377. The van der Waals surface area contributed by atoms with E-state index >= 15 is 0 Å². The van der Waals surface area contributed by atoms with Crippen molar-refractivity contribution in [2.45, 2.75) is 25.8 Å². The molecule has 0 saturated heterocycles. The van der Waals surface area contributed by atoms with Crippen molar-refractivity contribution in [2.24, 2.45) is 10.9 Å². The molecule has 1 saturated carbocycles. The van der Waals surface area contributed by atoms with Crippen LogP contribution in [0.5, 0.6) is 5.75 Å². The van der Waals surface area contributed by atoms with Crippen LogP contribution in [0.15, 0.2) is 29.4 Å². The molecular formula is C14H19N3O3. The van der Waals surface area contributed by atoms with Gasteiger partial charge in [-0.05, 0) is 31.9 Å². The molecule has 6 heteroatoms. The van der Waals surface area contributed by atoms with Crippen LogP contribution in [0.25, 0.3) is 0 Å². The molecule has 0 bridgehead atoms. The average molecular weight is 277 g/mol. The molecule has 1 aliphatic rings. The van der Waals surface area contributed by atoms with Crippen LogP contribution in [-0.4, -0.2) is 41.0 Å². The Morgan fingerprint density at radius 2 is 2.20 bits per heavy atom. The number of amidine groups is 1. The third-order valence-corrected chi connectivity index (χ3v) is 3.27. The number of rotatable bonds is 6. The Morgan fingerprint density at radius 1 is 1.50 bits per heavy atom. The smallest absolute Gasteiger partial charge is 0.260 e. The summed E-state index contributed by atoms with van der Waals surface area (Å²) in [5.74, 6) is 0.356. The molecule has 6 nitrogen and oxygen atoms in total. The van der Waals surface area contributed by atoms with E-state index in [1.54, 1.807) is 24.3 Å². The molecule has 1 aromatic rings. The molecular weight excluding hydrogens is 258 g/mol. The molecule has 0 heterocycles. The third-order valence-electron chi connectivity index (χ3n) is 3.27. The number of amides is 1. The van der Waals surface area contributed by atoms with Crippen LogP contribution in [0, 0.1) is 0 Å². The van der Waals surface area contributed by atoms with Gasteiger partial charge in [0.15, 0.2) is 12.4 Å². The highest BCUT2D eigenvalue weighted by atomic mass is 16.5. The second kappa shape index (κ2) is 6.27. The number of para-hydroxylation sites is 1. The second-order valence-electron chi connectivity index (χ2n) is 4.68. The SMILES string of the molecule is CCN(C(=O)COc1ccccc1/C(N)=N/O)C1CC1. The number of ether oxygens (including phenoxy) is 1. The first-order valence-corrected chi connectivity index (χ1v) is 6.66. The zero-order chi connectivity index (χ0) is 14.5. The summed E-state index contributed by atoms with van der Waals surface area (Å²) in [5.41, 5.74) is 6.04. The first kappa shape index (κ1) is 14.2. The number of likely N-dealkylation sites (N-methyl/N-ethyl adjacent to an activating group) is 1. The number of hydrogen-bond acceptors (Lipinski definition) is 4. The Bertz CT molecular complexity index is 512. The number of benzene rings is 1. The van der Waals surface area contributed by atoms with Crippen LogP contribution in [0.2, 0.25) is 0 Å². The minimum atomic E-state index is -0.0416. The van der Waals surface area contributed by atoms with E-state index in [9.17, 15) is 4.79 Å². The van der Waals surface area contributed by atoms with Crippen LogP contribution in [0.1, 0.15) is 25.3 Å². The number of carbonyl (C=O) groups excluding carboxylic acids is 1. The van der Waals surface area contributed by atoms with Crippen molar-refractivity contribution >= 4 is 11.7 Å². The lowest BCUT2D eigenvalue weighted by Crippen LogP contribution is -2.36. The van der Waals surface area contributed by atoms with Gasteiger partial charge in [0.2, 0.25) is 0 Å². The van der Waals surface area contributed by atoms with Gasteiger partial charge in [-0.2, -0.15) is 0 Å². The molecule has 3 N–H and O–H groups in total. The molecule has 0 radical (unpaired) electrons. The van der Waals surface area contributed by atoms with E-state index < -0.39 is 0 Å². The minimum Gasteiger partial charge on any atom is -0.483 e. The van der Waals surface area contributed by atoms with Crippen LogP contribution in [0.4, 0.5) is 0 Å². The molecule has 108 valence electrons. The molecule has 0 unspecified atom stereocenters. The van der Waals surface area contributed by atoms with Gasteiger partial charge in [-0.3, -0.25) is 4.79 Å². The zero-order valence-corrected chi connectivity index (χ0v) is 11.5. The van der Waals surface area contributed by atoms with Gasteiger partial charge in [-0.25, -0.2) is 0 Å². The van der Waals surface area contributed by atoms with Gasteiger partial charge in [-0.1, -0.05) is 17.3 Å². The van der Waals surface area contributed by atoms with Gasteiger partial charge in [0.25, 0.3) is 5.91 Å². The van der Waals surface area contributed by atoms with Crippen LogP contribution < -0.4 is 10.5 Å². The van der Waals surface area contributed by atoms with Crippen LogP contribution in [0.3, 0.4) is 0 Å². The maximum Gasteiger partial charge on any atom is 0.260 e. The molecule has 1 aromatic carbocycles. The molecule has 1 fully saturated rings. The van der Waals surface area contributed by atoms with Crippen molar-refractivity contribution < 1.29 is 14.7 Å². The summed E-state index contributed by atoms with van der Waals surface area (Å²) in [4.78, 5) is 13.9. The predicted octanol–water partition coefficient (Wildman–Crippen LogP) is 1.17. The fourth-order valence-corrected chi connectivity index (χ4v) is 2.10. The molecule has 0 aliphatic heterocycles. The monoisotopic (exact) mass is 277 g/mol. The number of oxime groups is 1. The molecule has 0 aromatic heterocycles. The highest BCUT2D eigenvalue weighted by Gasteiger charge is 2.31. The molecule has 20 heavy (non-hydrogen) atoms. The lowest BCUT2D eigenvalue weighted by Gasteiger charge is -2.20. The van der Waals surface area contributed by atoms with Crippen molar-refractivity contribution in [3.05, 3.63) is 29.8 Å². The summed E-state index contributed by atoms with van der Waals surface area (Å²) < 4.78 is 5.52. The number of nitrogens with zero attached hydrogens (tertiary/aromatic N) is 2. The highest BCUT2D eigenvalue weighted by Crippen LogP contribution is 2.26. The normalized spacial score (nSPS) is 14.9. The Kier molecular flexibility index (Phi) is 4.45. The quantitative estimate of drug-likeness (QED) is 0.353. The third kappa shape index (κ3) is 3.20. The topological polar surface area (TPSA) is 88.2 Å². The van der Waals surface area contributed by atoms with Crippen LogP contribution >= 0.6 is 0 Å². The van der Waals surface area contributed by atoms with Crippen molar-refractivity contribution in [2.75, 3.05) is 13.2 Å². The molecule has 1 amide bonds. The van der Waals surface area contributed by atoms with E-state index in [4.69, 9.17) is 15.7 Å². The molecule has 2 rings (SSSR count). The van der Waals surface area contributed by atoms with Crippen molar-refractivity contribution in [1.82, 2.24) is 4.90 Å². The molecule has 1 aliphatic carbocycles. The van der Waals surface area contributed by atoms with Crippen molar-refractivity contribution in [3.63, 3.8) is 0 Å². The number of nitrogens with two attached hydrogens (primary N) is 1. The first-order chi connectivity index (χ1) is 9.67. The second-order valence-corrected chi connectivity index (χ2v) is 4.68. The van der Waals surface area contributed by atoms with E-state index in [-0.39, 0.29) is 18.3 Å². The summed E-state index contributed by atoms with van der Waals surface area (Å²) in [6.07, 6.45) is 2.14. The van der Waals surface area contributed by atoms with Gasteiger partial charge >= 0.3 is 0 Å². The number of carbonyl (C=O) groups is 1. The highest BCUT2D eigenvalue weighted by molar-refractivity contribution is 5.99. The molecule has 0 spiro atoms. The maximum atomic E-state index is 12.1. The average Bonchev–Trinajstić information content (AvgIpc) is 3.30. The van der Waals surface area contributed by atoms with Gasteiger partial charge in [0.05, 0.1) is 5.56 Å². The Hall–Kier alpha value is -2.24. The van der Waals surface area contributed by atoms with E-state index in [1.807, 2.05) is 11.8 Å². The van der Waals surface area contributed by atoms with Gasteiger partial charge in [0.1, 0.15) is 5.75 Å².